The van der Waals surface area contributed by atoms with Gasteiger partial charge in [0.15, 0.2) is 15.6 Å². The standard InChI is InChI=1S/C19H21ClFN3O4S/c1-11-14(21)5-2-6-15(11)23-19(26)24-16-8-7-13(20)18(17(16)25)29(27,28)12-4-3-9-22-10-12/h2,5-8,12,22,25H,3-4,9-10H2,1H3,(H2,23,24,26)/t12-/m0/s1. The molecule has 0 aromatic heterocycles. The fraction of sp³-hybridized carbons (Fsp3) is 0.316. The summed E-state index contributed by atoms with van der Waals surface area (Å²) in [6.45, 7) is 2.50. The van der Waals surface area contributed by atoms with Crippen molar-refractivity contribution in [2.45, 2.75) is 29.9 Å². The molecule has 0 unspecified atom stereocenters. The van der Waals surface area contributed by atoms with Gasteiger partial charge in [-0.15, -0.1) is 0 Å². The number of halogens is 2. The molecule has 29 heavy (non-hydrogen) atoms. The summed E-state index contributed by atoms with van der Waals surface area (Å²) < 4.78 is 39.6. The van der Waals surface area contributed by atoms with Gasteiger partial charge in [0.05, 0.1) is 16.0 Å². The van der Waals surface area contributed by atoms with Crippen molar-refractivity contribution in [2.75, 3.05) is 23.7 Å². The minimum absolute atomic E-state index is 0.122. The van der Waals surface area contributed by atoms with E-state index in [0.717, 1.165) is 6.54 Å². The molecule has 1 heterocycles. The highest BCUT2D eigenvalue weighted by atomic mass is 35.5. The van der Waals surface area contributed by atoms with Crippen LogP contribution in [0.15, 0.2) is 35.2 Å². The highest BCUT2D eigenvalue weighted by molar-refractivity contribution is 7.92. The number of carbonyl (C=O) groups excluding carboxylic acids is 1. The Morgan fingerprint density at radius 1 is 1.24 bits per heavy atom. The molecule has 0 saturated carbocycles. The lowest BCUT2D eigenvalue weighted by Gasteiger charge is -2.24. The summed E-state index contributed by atoms with van der Waals surface area (Å²) in [6.07, 6.45) is 1.14. The first-order valence-corrected chi connectivity index (χ1v) is 10.9. The van der Waals surface area contributed by atoms with E-state index in [9.17, 15) is 22.7 Å². The molecule has 0 spiro atoms. The predicted molar refractivity (Wildman–Crippen MR) is 110 cm³/mol. The van der Waals surface area contributed by atoms with E-state index < -0.39 is 37.6 Å². The van der Waals surface area contributed by atoms with Crippen LogP contribution < -0.4 is 16.0 Å². The Bertz CT molecular complexity index is 1040. The predicted octanol–water partition coefficient (Wildman–Crippen LogP) is 3.66. The average molecular weight is 442 g/mol. The molecular formula is C19H21ClFN3O4S. The summed E-state index contributed by atoms with van der Waals surface area (Å²) in [7, 11) is -3.92. The van der Waals surface area contributed by atoms with Crippen molar-refractivity contribution in [3.8, 4) is 5.75 Å². The van der Waals surface area contributed by atoms with Gasteiger partial charge in [-0.3, -0.25) is 0 Å². The zero-order chi connectivity index (χ0) is 21.2. The van der Waals surface area contributed by atoms with Gasteiger partial charge in [-0.1, -0.05) is 17.7 Å². The molecule has 0 radical (unpaired) electrons. The number of amides is 2. The fourth-order valence-electron chi connectivity index (χ4n) is 3.19. The van der Waals surface area contributed by atoms with Crippen molar-refractivity contribution in [1.82, 2.24) is 5.32 Å². The number of piperidine rings is 1. The molecule has 4 N–H and O–H groups in total. The van der Waals surface area contributed by atoms with Crippen LogP contribution in [0.25, 0.3) is 0 Å². The van der Waals surface area contributed by atoms with Crippen LogP contribution in [0.2, 0.25) is 5.02 Å². The molecular weight excluding hydrogens is 421 g/mol. The van der Waals surface area contributed by atoms with E-state index in [1.807, 2.05) is 0 Å². The van der Waals surface area contributed by atoms with Gasteiger partial charge in [-0.25, -0.2) is 17.6 Å². The summed E-state index contributed by atoms with van der Waals surface area (Å²) in [5.74, 6) is -1.11. The molecule has 0 aliphatic carbocycles. The van der Waals surface area contributed by atoms with Crippen molar-refractivity contribution in [2.24, 2.45) is 0 Å². The van der Waals surface area contributed by atoms with Gasteiger partial charge in [0, 0.05) is 17.8 Å². The lowest BCUT2D eigenvalue weighted by molar-refractivity contribution is 0.262. The maximum Gasteiger partial charge on any atom is 0.323 e. The van der Waals surface area contributed by atoms with Crippen LogP contribution in [0.1, 0.15) is 18.4 Å². The van der Waals surface area contributed by atoms with Crippen LogP contribution in [0.4, 0.5) is 20.6 Å². The van der Waals surface area contributed by atoms with Gasteiger partial charge in [0.2, 0.25) is 0 Å². The minimum atomic E-state index is -3.92. The first kappa shape index (κ1) is 21.4. The smallest absolute Gasteiger partial charge is 0.323 e. The van der Waals surface area contributed by atoms with Crippen LogP contribution in [0.3, 0.4) is 0 Å². The van der Waals surface area contributed by atoms with E-state index in [1.54, 1.807) is 0 Å². The highest BCUT2D eigenvalue weighted by Crippen LogP contribution is 2.39. The Labute approximate surface area is 173 Å². The third-order valence-corrected chi connectivity index (χ3v) is 7.51. The van der Waals surface area contributed by atoms with Crippen molar-refractivity contribution in [3.63, 3.8) is 0 Å². The van der Waals surface area contributed by atoms with E-state index in [1.165, 1.54) is 37.3 Å². The first-order valence-electron chi connectivity index (χ1n) is 9.01. The molecule has 2 aromatic carbocycles. The maximum atomic E-state index is 13.6. The summed E-state index contributed by atoms with van der Waals surface area (Å²) in [5.41, 5.74) is 0.372. The molecule has 1 saturated heterocycles. The minimum Gasteiger partial charge on any atom is -0.504 e. The van der Waals surface area contributed by atoms with Gasteiger partial charge in [0.1, 0.15) is 10.7 Å². The van der Waals surface area contributed by atoms with Gasteiger partial charge in [-0.05, 0) is 50.6 Å². The van der Waals surface area contributed by atoms with E-state index in [-0.39, 0.29) is 28.5 Å². The largest absolute Gasteiger partial charge is 0.504 e. The van der Waals surface area contributed by atoms with E-state index in [2.05, 4.69) is 16.0 Å². The van der Waals surface area contributed by atoms with Gasteiger partial charge in [-0.2, -0.15) is 0 Å². The molecule has 1 aliphatic heterocycles. The third-order valence-electron chi connectivity index (χ3n) is 4.82. The number of carbonyl (C=O) groups is 1. The summed E-state index contributed by atoms with van der Waals surface area (Å²) >= 11 is 6.08. The molecule has 0 bridgehead atoms. The van der Waals surface area contributed by atoms with E-state index in [0.29, 0.717) is 12.8 Å². The SMILES string of the molecule is Cc1c(F)cccc1NC(=O)Nc1ccc(Cl)c(S(=O)(=O)[C@H]2CCCNC2)c1O. The summed E-state index contributed by atoms with van der Waals surface area (Å²) in [4.78, 5) is 11.9. The number of sulfone groups is 1. The molecule has 1 atom stereocenters. The molecule has 10 heteroatoms. The Hall–Kier alpha value is -2.36. The average Bonchev–Trinajstić information content (AvgIpc) is 2.68. The van der Waals surface area contributed by atoms with Gasteiger partial charge >= 0.3 is 6.03 Å². The number of aromatic hydroxyl groups is 1. The topological polar surface area (TPSA) is 108 Å². The second-order valence-corrected chi connectivity index (χ2v) is 9.35. The maximum absolute atomic E-state index is 13.6. The number of rotatable bonds is 4. The monoisotopic (exact) mass is 441 g/mol. The second kappa shape index (κ2) is 8.56. The molecule has 1 aliphatic rings. The fourth-order valence-corrected chi connectivity index (χ4v) is 5.53. The quantitative estimate of drug-likeness (QED) is 0.541. The van der Waals surface area contributed by atoms with Crippen LogP contribution >= 0.6 is 11.6 Å². The Morgan fingerprint density at radius 3 is 2.66 bits per heavy atom. The number of hydrogen-bond donors (Lipinski definition) is 4. The van der Waals surface area contributed by atoms with Crippen molar-refractivity contribution >= 4 is 38.8 Å². The summed E-state index contributed by atoms with van der Waals surface area (Å²) in [6, 6.07) is 6.06. The molecule has 7 nitrogen and oxygen atoms in total. The lowest BCUT2D eigenvalue weighted by Crippen LogP contribution is -2.38. The zero-order valence-corrected chi connectivity index (χ0v) is 17.2. The normalized spacial score (nSPS) is 17.0. The Morgan fingerprint density at radius 2 is 1.97 bits per heavy atom. The van der Waals surface area contributed by atoms with Gasteiger partial charge in [0.25, 0.3) is 0 Å². The van der Waals surface area contributed by atoms with Crippen LogP contribution in [-0.2, 0) is 9.84 Å². The number of urea groups is 1. The Kier molecular flexibility index (Phi) is 6.30. The number of phenolic OH excluding ortho intramolecular Hbond substituents is 1. The number of hydrogen-bond acceptors (Lipinski definition) is 5. The summed E-state index contributed by atoms with van der Waals surface area (Å²) in [5, 5.41) is 17.6. The van der Waals surface area contributed by atoms with Crippen molar-refractivity contribution in [1.29, 1.82) is 0 Å². The van der Waals surface area contributed by atoms with Gasteiger partial charge < -0.3 is 21.1 Å². The van der Waals surface area contributed by atoms with Crippen LogP contribution in [0, 0.1) is 12.7 Å². The molecule has 3 rings (SSSR count). The Balaban J connectivity index is 1.87. The molecule has 2 amide bonds. The van der Waals surface area contributed by atoms with Crippen molar-refractivity contribution in [3.05, 3.63) is 46.7 Å². The number of anilines is 2. The lowest BCUT2D eigenvalue weighted by atomic mass is 10.2. The van der Waals surface area contributed by atoms with Crippen LogP contribution in [0.5, 0.6) is 5.75 Å². The highest BCUT2D eigenvalue weighted by Gasteiger charge is 2.34. The number of benzene rings is 2. The van der Waals surface area contributed by atoms with E-state index in [4.69, 9.17) is 11.6 Å². The van der Waals surface area contributed by atoms with Crippen molar-refractivity contribution < 1.29 is 22.7 Å². The number of phenols is 1. The first-order chi connectivity index (χ1) is 13.7. The van der Waals surface area contributed by atoms with E-state index >= 15 is 0 Å². The molecule has 2 aromatic rings. The molecule has 1 fully saturated rings. The van der Waals surface area contributed by atoms with Crippen LogP contribution in [-0.4, -0.2) is 37.9 Å². The molecule has 156 valence electrons. The second-order valence-electron chi connectivity index (χ2n) is 6.78. The number of nitrogens with one attached hydrogen (secondary N) is 3. The zero-order valence-electron chi connectivity index (χ0n) is 15.6. The third kappa shape index (κ3) is 4.47.